The molecule has 17 heavy (non-hydrogen) atoms. The van der Waals surface area contributed by atoms with E-state index in [9.17, 15) is 5.11 Å². The van der Waals surface area contributed by atoms with Gasteiger partial charge in [0.25, 0.3) is 0 Å². The molecule has 2 aliphatic carbocycles. The fraction of sp³-hybridized carbons (Fsp3) is 0.600. The molecule has 0 heterocycles. The molecule has 2 fully saturated rings. The maximum Gasteiger partial charge on any atom is 0.120 e. The van der Waals surface area contributed by atoms with Gasteiger partial charge in [0.05, 0.1) is 0 Å². The predicted molar refractivity (Wildman–Crippen MR) is 68.9 cm³/mol. The average molecular weight is 231 g/mol. The second kappa shape index (κ2) is 4.34. The molecular formula is C15H21NO. The third-order valence-electron chi connectivity index (χ3n) is 4.61. The second-order valence-corrected chi connectivity index (χ2v) is 5.73. The van der Waals surface area contributed by atoms with Crippen LogP contribution >= 0.6 is 0 Å². The number of hydrogen-bond acceptors (Lipinski definition) is 2. The molecule has 2 heteroatoms. The summed E-state index contributed by atoms with van der Waals surface area (Å²) in [6.45, 7) is 2.15. The maximum absolute atomic E-state index is 9.85. The Hall–Kier alpha value is -1.02. The molecule has 0 saturated heterocycles. The molecule has 2 bridgehead atoms. The van der Waals surface area contributed by atoms with Crippen molar-refractivity contribution in [1.29, 1.82) is 0 Å². The van der Waals surface area contributed by atoms with E-state index in [0.29, 0.717) is 11.8 Å². The Kier molecular flexibility index (Phi) is 2.83. The topological polar surface area (TPSA) is 32.3 Å². The summed E-state index contributed by atoms with van der Waals surface area (Å²) in [6, 6.07) is 8.58. The van der Waals surface area contributed by atoms with Crippen molar-refractivity contribution in [3.05, 3.63) is 29.8 Å². The summed E-state index contributed by atoms with van der Waals surface area (Å²) in [7, 11) is 0. The minimum absolute atomic E-state index is 0.251. The van der Waals surface area contributed by atoms with Crippen LogP contribution in [0.1, 0.15) is 44.2 Å². The molecule has 0 aliphatic heterocycles. The second-order valence-electron chi connectivity index (χ2n) is 5.73. The average Bonchev–Trinajstić information content (AvgIpc) is 2.91. The van der Waals surface area contributed by atoms with Gasteiger partial charge < -0.3 is 10.4 Å². The van der Waals surface area contributed by atoms with Gasteiger partial charge in [-0.3, -0.25) is 0 Å². The summed E-state index contributed by atoms with van der Waals surface area (Å²) in [4.78, 5) is 0. The first-order valence-electron chi connectivity index (χ1n) is 6.78. The van der Waals surface area contributed by atoms with Gasteiger partial charge in [-0.15, -0.1) is 0 Å². The van der Waals surface area contributed by atoms with Crippen LogP contribution in [0.15, 0.2) is 24.3 Å². The van der Waals surface area contributed by atoms with Crippen LogP contribution in [-0.4, -0.2) is 11.1 Å². The SMILES string of the molecule is CC(NC1CC2CCC1C2)c1ccccc1O. The summed E-state index contributed by atoms with van der Waals surface area (Å²) >= 11 is 0. The Balaban J connectivity index is 1.68. The quantitative estimate of drug-likeness (QED) is 0.837. The lowest BCUT2D eigenvalue weighted by atomic mass is 9.94. The van der Waals surface area contributed by atoms with Crippen LogP contribution < -0.4 is 5.32 Å². The highest BCUT2D eigenvalue weighted by Crippen LogP contribution is 2.45. The number of phenols is 1. The number of nitrogens with one attached hydrogen (secondary N) is 1. The van der Waals surface area contributed by atoms with Gasteiger partial charge in [0, 0.05) is 17.6 Å². The number of aromatic hydroxyl groups is 1. The first-order chi connectivity index (χ1) is 8.24. The molecule has 2 nitrogen and oxygen atoms in total. The molecule has 92 valence electrons. The van der Waals surface area contributed by atoms with Gasteiger partial charge in [-0.05, 0) is 44.1 Å². The first-order valence-corrected chi connectivity index (χ1v) is 6.78. The van der Waals surface area contributed by atoms with Crippen LogP contribution in [0.3, 0.4) is 0 Å². The molecule has 0 aromatic heterocycles. The van der Waals surface area contributed by atoms with Crippen LogP contribution in [0.4, 0.5) is 0 Å². The molecule has 1 aromatic rings. The number of hydrogen-bond donors (Lipinski definition) is 2. The number of fused-ring (bicyclic) bond motifs is 2. The van der Waals surface area contributed by atoms with Crippen molar-refractivity contribution in [2.45, 2.75) is 44.7 Å². The van der Waals surface area contributed by atoms with E-state index in [1.54, 1.807) is 6.07 Å². The van der Waals surface area contributed by atoms with E-state index in [1.165, 1.54) is 25.7 Å². The highest BCUT2D eigenvalue weighted by molar-refractivity contribution is 5.34. The normalized spacial score (nSPS) is 32.9. The molecule has 4 atom stereocenters. The Morgan fingerprint density at radius 2 is 2.06 bits per heavy atom. The lowest BCUT2D eigenvalue weighted by Crippen LogP contribution is -2.35. The Morgan fingerprint density at radius 3 is 2.71 bits per heavy atom. The fourth-order valence-corrected chi connectivity index (χ4v) is 3.71. The monoisotopic (exact) mass is 231 g/mol. The van der Waals surface area contributed by atoms with Crippen molar-refractivity contribution in [1.82, 2.24) is 5.32 Å². The van der Waals surface area contributed by atoms with Crippen molar-refractivity contribution in [2.24, 2.45) is 11.8 Å². The molecule has 0 spiro atoms. The van der Waals surface area contributed by atoms with Crippen molar-refractivity contribution >= 4 is 0 Å². The van der Waals surface area contributed by atoms with Crippen LogP contribution in [0.25, 0.3) is 0 Å². The van der Waals surface area contributed by atoms with E-state index in [1.807, 2.05) is 18.2 Å². The third kappa shape index (κ3) is 2.06. The van der Waals surface area contributed by atoms with E-state index in [0.717, 1.165) is 17.4 Å². The third-order valence-corrected chi connectivity index (χ3v) is 4.61. The molecular weight excluding hydrogens is 210 g/mol. The molecule has 2 saturated carbocycles. The summed E-state index contributed by atoms with van der Waals surface area (Å²) in [6.07, 6.45) is 5.59. The Bertz CT molecular complexity index is 404. The van der Waals surface area contributed by atoms with Gasteiger partial charge in [0.1, 0.15) is 5.75 Å². The number of rotatable bonds is 3. The van der Waals surface area contributed by atoms with Crippen molar-refractivity contribution in [3.8, 4) is 5.75 Å². The zero-order chi connectivity index (χ0) is 11.8. The Morgan fingerprint density at radius 1 is 1.24 bits per heavy atom. The fourth-order valence-electron chi connectivity index (χ4n) is 3.71. The van der Waals surface area contributed by atoms with E-state index >= 15 is 0 Å². The maximum atomic E-state index is 9.85. The summed E-state index contributed by atoms with van der Waals surface area (Å²) in [5.41, 5.74) is 1.02. The van der Waals surface area contributed by atoms with E-state index in [2.05, 4.69) is 12.2 Å². The number of para-hydroxylation sites is 1. The lowest BCUT2D eigenvalue weighted by molar-refractivity contribution is 0.323. The largest absolute Gasteiger partial charge is 0.508 e. The standard InChI is InChI=1S/C15H21NO/c1-10(13-4-2-3-5-15(13)17)16-14-9-11-6-7-12(14)8-11/h2-5,10-12,14,16-17H,6-9H2,1H3. The summed E-state index contributed by atoms with van der Waals surface area (Å²) < 4.78 is 0. The van der Waals surface area contributed by atoms with E-state index in [-0.39, 0.29) is 6.04 Å². The van der Waals surface area contributed by atoms with Gasteiger partial charge in [-0.1, -0.05) is 24.6 Å². The van der Waals surface area contributed by atoms with Crippen LogP contribution in [0.2, 0.25) is 0 Å². The Labute approximate surface area is 103 Å². The van der Waals surface area contributed by atoms with Gasteiger partial charge in [0.15, 0.2) is 0 Å². The zero-order valence-corrected chi connectivity index (χ0v) is 10.4. The smallest absolute Gasteiger partial charge is 0.120 e. The summed E-state index contributed by atoms with van der Waals surface area (Å²) in [5, 5.41) is 13.6. The van der Waals surface area contributed by atoms with Crippen LogP contribution in [0, 0.1) is 11.8 Å². The lowest BCUT2D eigenvalue weighted by Gasteiger charge is -2.27. The minimum Gasteiger partial charge on any atom is -0.508 e. The molecule has 1 aromatic carbocycles. The zero-order valence-electron chi connectivity index (χ0n) is 10.4. The first kappa shape index (κ1) is 11.1. The van der Waals surface area contributed by atoms with E-state index < -0.39 is 0 Å². The summed E-state index contributed by atoms with van der Waals surface area (Å²) in [5.74, 6) is 2.26. The number of phenolic OH excluding ortho intramolecular Hbond substituents is 1. The van der Waals surface area contributed by atoms with Crippen LogP contribution in [0.5, 0.6) is 5.75 Å². The van der Waals surface area contributed by atoms with Crippen molar-refractivity contribution in [2.75, 3.05) is 0 Å². The highest BCUT2D eigenvalue weighted by atomic mass is 16.3. The molecule has 0 radical (unpaired) electrons. The van der Waals surface area contributed by atoms with Gasteiger partial charge >= 0.3 is 0 Å². The van der Waals surface area contributed by atoms with Gasteiger partial charge in [-0.2, -0.15) is 0 Å². The van der Waals surface area contributed by atoms with Gasteiger partial charge in [0.2, 0.25) is 0 Å². The molecule has 2 aliphatic rings. The van der Waals surface area contributed by atoms with Gasteiger partial charge in [-0.25, -0.2) is 0 Å². The molecule has 2 N–H and O–H groups in total. The highest BCUT2D eigenvalue weighted by Gasteiger charge is 2.39. The minimum atomic E-state index is 0.251. The molecule has 3 rings (SSSR count). The molecule has 0 amide bonds. The molecule has 4 unspecified atom stereocenters. The van der Waals surface area contributed by atoms with E-state index in [4.69, 9.17) is 0 Å². The van der Waals surface area contributed by atoms with Crippen molar-refractivity contribution in [3.63, 3.8) is 0 Å². The van der Waals surface area contributed by atoms with Crippen molar-refractivity contribution < 1.29 is 5.11 Å². The predicted octanol–water partition coefficient (Wildman–Crippen LogP) is 3.23. The van der Waals surface area contributed by atoms with Crippen LogP contribution in [-0.2, 0) is 0 Å². The number of benzene rings is 1.